The molecule has 7 aromatic rings. The van der Waals surface area contributed by atoms with Gasteiger partial charge < -0.3 is 4.40 Å². The van der Waals surface area contributed by atoms with Gasteiger partial charge in [-0.15, -0.1) is 0 Å². The Morgan fingerprint density at radius 3 is 2.32 bits per heavy atom. The SMILES string of the molecule is CCC1c2c(cccc2-c2cc(-c3ccc4c(c3)c3cccc5c6ccccc6n4c53)ccc2C)C2=CC=CCC21. The van der Waals surface area contributed by atoms with Crippen LogP contribution in [-0.4, -0.2) is 4.40 Å². The van der Waals surface area contributed by atoms with Crippen LogP contribution in [0.15, 0.2) is 115 Å². The summed E-state index contributed by atoms with van der Waals surface area (Å²) in [6.07, 6.45) is 9.28. The first-order chi connectivity index (χ1) is 20.2. The summed E-state index contributed by atoms with van der Waals surface area (Å²) in [6.45, 7) is 4.63. The van der Waals surface area contributed by atoms with Gasteiger partial charge >= 0.3 is 0 Å². The Bertz CT molecular complexity index is 2240. The van der Waals surface area contributed by atoms with Gasteiger partial charge in [-0.1, -0.05) is 97.9 Å². The van der Waals surface area contributed by atoms with Gasteiger partial charge in [-0.25, -0.2) is 0 Å². The first kappa shape index (κ1) is 23.1. The Morgan fingerprint density at radius 1 is 0.683 bits per heavy atom. The minimum absolute atomic E-state index is 0.575. The number of aryl methyl sites for hydroxylation is 1. The molecule has 2 aromatic heterocycles. The number of rotatable bonds is 3. The highest BCUT2D eigenvalue weighted by molar-refractivity contribution is 6.23. The molecule has 5 aromatic carbocycles. The maximum absolute atomic E-state index is 2.46. The van der Waals surface area contributed by atoms with Crippen LogP contribution in [0.2, 0.25) is 0 Å². The topological polar surface area (TPSA) is 4.41 Å². The van der Waals surface area contributed by atoms with E-state index in [0.29, 0.717) is 11.8 Å². The van der Waals surface area contributed by atoms with Crippen molar-refractivity contribution in [1.29, 1.82) is 0 Å². The van der Waals surface area contributed by atoms with Crippen molar-refractivity contribution in [1.82, 2.24) is 4.40 Å². The van der Waals surface area contributed by atoms with E-state index >= 15 is 0 Å². The molecule has 2 atom stereocenters. The summed E-state index contributed by atoms with van der Waals surface area (Å²) in [6, 6.07) is 36.7. The molecule has 0 saturated heterocycles. The Morgan fingerprint density at radius 2 is 1.41 bits per heavy atom. The molecule has 196 valence electrons. The molecule has 2 heterocycles. The average Bonchev–Trinajstić information content (AvgIpc) is 3.66. The lowest BCUT2D eigenvalue weighted by atomic mass is 9.82. The Hall–Kier alpha value is -4.62. The molecule has 0 radical (unpaired) electrons. The van der Waals surface area contributed by atoms with E-state index in [2.05, 4.69) is 134 Å². The van der Waals surface area contributed by atoms with E-state index in [0.717, 1.165) is 6.42 Å². The van der Waals surface area contributed by atoms with E-state index in [1.165, 1.54) is 83.5 Å². The predicted molar refractivity (Wildman–Crippen MR) is 175 cm³/mol. The van der Waals surface area contributed by atoms with E-state index in [9.17, 15) is 0 Å². The molecule has 0 fully saturated rings. The average molecular weight is 526 g/mol. The number of hydrogen-bond donors (Lipinski definition) is 0. The molecule has 0 saturated carbocycles. The third-order valence-corrected chi connectivity index (χ3v) is 10.00. The Balaban J connectivity index is 1.24. The van der Waals surface area contributed by atoms with Crippen molar-refractivity contribution in [3.05, 3.63) is 132 Å². The summed E-state index contributed by atoms with van der Waals surface area (Å²) >= 11 is 0. The lowest BCUT2D eigenvalue weighted by molar-refractivity contribution is 0.532. The van der Waals surface area contributed by atoms with Gasteiger partial charge in [-0.2, -0.15) is 0 Å². The van der Waals surface area contributed by atoms with Crippen LogP contribution in [0.3, 0.4) is 0 Å². The highest BCUT2D eigenvalue weighted by Gasteiger charge is 2.37. The van der Waals surface area contributed by atoms with Crippen molar-refractivity contribution in [2.75, 3.05) is 0 Å². The van der Waals surface area contributed by atoms with Gasteiger partial charge in [0.1, 0.15) is 0 Å². The molecule has 1 heteroatoms. The molecule has 1 nitrogen and oxygen atoms in total. The van der Waals surface area contributed by atoms with Crippen molar-refractivity contribution in [3.8, 4) is 22.3 Å². The van der Waals surface area contributed by atoms with Gasteiger partial charge in [0, 0.05) is 21.5 Å². The fourth-order valence-corrected chi connectivity index (χ4v) is 8.16. The van der Waals surface area contributed by atoms with Gasteiger partial charge in [0.05, 0.1) is 16.6 Å². The summed E-state index contributed by atoms with van der Waals surface area (Å²) in [5.74, 6) is 1.18. The second-order valence-electron chi connectivity index (χ2n) is 12.0. The van der Waals surface area contributed by atoms with Crippen LogP contribution in [-0.2, 0) is 0 Å². The molecule has 2 aliphatic rings. The lowest BCUT2D eigenvalue weighted by Crippen LogP contribution is -2.07. The van der Waals surface area contributed by atoms with Crippen LogP contribution in [0, 0.1) is 12.8 Å². The molecule has 0 bridgehead atoms. The number of nitrogens with zero attached hydrogens (tertiary/aromatic N) is 1. The molecule has 0 spiro atoms. The Kier molecular flexibility index (Phi) is 4.76. The van der Waals surface area contributed by atoms with Crippen LogP contribution >= 0.6 is 0 Å². The molecular formula is C40H31N. The Labute approximate surface area is 240 Å². The minimum atomic E-state index is 0.575. The number of aromatic nitrogens is 1. The first-order valence-corrected chi connectivity index (χ1v) is 15.0. The lowest BCUT2D eigenvalue weighted by Gasteiger charge is -2.22. The number of fused-ring (bicyclic) bond motifs is 9. The third-order valence-electron chi connectivity index (χ3n) is 10.00. The fourth-order valence-electron chi connectivity index (χ4n) is 8.16. The largest absolute Gasteiger partial charge is 0.308 e. The standard InChI is InChI=1S/C40H31N/c1-3-27-28-10-4-5-11-29(28)31-13-8-14-32(39(27)31)35-22-25(19-18-24(35)2)26-20-21-38-36(23-26)34-16-9-15-33-30-12-6-7-17-37(30)41(38)40(33)34/h4-9,11-23,27-28H,3,10H2,1-2H3. The van der Waals surface area contributed by atoms with Crippen molar-refractivity contribution >= 4 is 43.7 Å². The summed E-state index contributed by atoms with van der Waals surface area (Å²) in [5.41, 5.74) is 15.1. The maximum atomic E-state index is 2.46. The van der Waals surface area contributed by atoms with E-state index in [1.54, 1.807) is 5.56 Å². The molecule has 2 unspecified atom stereocenters. The molecule has 9 rings (SSSR count). The van der Waals surface area contributed by atoms with Crippen LogP contribution in [0.25, 0.3) is 65.9 Å². The highest BCUT2D eigenvalue weighted by Crippen LogP contribution is 2.54. The quantitative estimate of drug-likeness (QED) is 0.216. The number of hydrogen-bond acceptors (Lipinski definition) is 0. The predicted octanol–water partition coefficient (Wildman–Crippen LogP) is 10.9. The number of para-hydroxylation sites is 2. The number of benzene rings is 5. The van der Waals surface area contributed by atoms with Crippen molar-refractivity contribution in [3.63, 3.8) is 0 Å². The van der Waals surface area contributed by atoms with E-state index in [-0.39, 0.29) is 0 Å². The van der Waals surface area contributed by atoms with Gasteiger partial charge in [0.2, 0.25) is 0 Å². The second kappa shape index (κ2) is 8.44. The minimum Gasteiger partial charge on any atom is -0.308 e. The van der Waals surface area contributed by atoms with Gasteiger partial charge in [0.15, 0.2) is 0 Å². The zero-order valence-electron chi connectivity index (χ0n) is 23.5. The molecule has 0 aliphatic heterocycles. The van der Waals surface area contributed by atoms with Crippen LogP contribution in [0.5, 0.6) is 0 Å². The van der Waals surface area contributed by atoms with E-state index in [1.807, 2.05) is 0 Å². The number of allylic oxidation sites excluding steroid dienone is 4. The van der Waals surface area contributed by atoms with E-state index < -0.39 is 0 Å². The molecule has 2 aliphatic carbocycles. The summed E-state index contributed by atoms with van der Waals surface area (Å²) in [5, 5.41) is 5.32. The molecule has 0 N–H and O–H groups in total. The molecule has 41 heavy (non-hydrogen) atoms. The van der Waals surface area contributed by atoms with Crippen molar-refractivity contribution < 1.29 is 0 Å². The highest BCUT2D eigenvalue weighted by atomic mass is 14.9. The normalized spacial score (nSPS) is 18.0. The van der Waals surface area contributed by atoms with Gasteiger partial charge in [-0.3, -0.25) is 0 Å². The van der Waals surface area contributed by atoms with Crippen LogP contribution in [0.4, 0.5) is 0 Å². The monoisotopic (exact) mass is 525 g/mol. The second-order valence-corrected chi connectivity index (χ2v) is 12.0. The first-order valence-electron chi connectivity index (χ1n) is 15.0. The van der Waals surface area contributed by atoms with Gasteiger partial charge in [0.25, 0.3) is 0 Å². The van der Waals surface area contributed by atoms with Crippen molar-refractivity contribution in [2.24, 2.45) is 5.92 Å². The maximum Gasteiger partial charge on any atom is 0.0620 e. The third kappa shape index (κ3) is 3.07. The molecule has 0 amide bonds. The summed E-state index contributed by atoms with van der Waals surface area (Å²) in [4.78, 5) is 0. The summed E-state index contributed by atoms with van der Waals surface area (Å²) in [7, 11) is 0. The molecular weight excluding hydrogens is 494 g/mol. The van der Waals surface area contributed by atoms with Gasteiger partial charge in [-0.05, 0) is 100 Å². The van der Waals surface area contributed by atoms with Crippen molar-refractivity contribution in [2.45, 2.75) is 32.6 Å². The zero-order chi connectivity index (χ0) is 27.2. The zero-order valence-corrected chi connectivity index (χ0v) is 23.5. The smallest absolute Gasteiger partial charge is 0.0620 e. The fraction of sp³-hybridized carbons (Fsp3) is 0.150. The summed E-state index contributed by atoms with van der Waals surface area (Å²) < 4.78 is 2.46. The van der Waals surface area contributed by atoms with Crippen LogP contribution < -0.4 is 0 Å². The van der Waals surface area contributed by atoms with Crippen LogP contribution in [0.1, 0.15) is 42.4 Å². The van der Waals surface area contributed by atoms with E-state index in [4.69, 9.17) is 0 Å².